The molecule has 0 saturated heterocycles. The highest BCUT2D eigenvalue weighted by molar-refractivity contribution is 7.99. The number of benzene rings is 1. The van der Waals surface area contributed by atoms with Crippen LogP contribution in [0.2, 0.25) is 0 Å². The second-order valence-electron chi connectivity index (χ2n) is 5.91. The molecule has 0 spiro atoms. The number of amides is 1. The molecule has 0 atom stereocenters. The number of rotatable bonds is 5. The first-order chi connectivity index (χ1) is 13.5. The van der Waals surface area contributed by atoms with Gasteiger partial charge in [-0.1, -0.05) is 11.8 Å². The Bertz CT molecular complexity index is 1150. The largest absolute Gasteiger partial charge is 0.397 e. The van der Waals surface area contributed by atoms with Crippen molar-refractivity contribution in [2.24, 2.45) is 7.05 Å². The predicted molar refractivity (Wildman–Crippen MR) is 110 cm³/mol. The Kier molecular flexibility index (Phi) is 4.97. The first-order valence-corrected chi connectivity index (χ1v) is 10.0. The molecule has 0 fully saturated rings. The highest BCUT2D eigenvalue weighted by atomic mass is 32.2. The van der Waals surface area contributed by atoms with Gasteiger partial charge in [-0.3, -0.25) is 4.79 Å². The third-order valence-electron chi connectivity index (χ3n) is 4.00. The van der Waals surface area contributed by atoms with Crippen molar-refractivity contribution in [2.45, 2.75) is 5.16 Å². The summed E-state index contributed by atoms with van der Waals surface area (Å²) in [7, 11) is 1.83. The molecule has 4 aromatic rings. The summed E-state index contributed by atoms with van der Waals surface area (Å²) >= 11 is 2.71. The lowest BCUT2D eigenvalue weighted by atomic mass is 10.2. The van der Waals surface area contributed by atoms with Crippen LogP contribution >= 0.6 is 23.1 Å². The maximum Gasteiger partial charge on any atom is 0.234 e. The van der Waals surface area contributed by atoms with Crippen molar-refractivity contribution >= 4 is 50.6 Å². The van der Waals surface area contributed by atoms with Gasteiger partial charge in [0.15, 0.2) is 11.0 Å². The third-order valence-corrected chi connectivity index (χ3v) is 6.15. The van der Waals surface area contributed by atoms with Crippen molar-refractivity contribution in [3.05, 3.63) is 48.4 Å². The number of anilines is 2. The SMILES string of the molecule is Cn1c(SCC(=O)Nc2ccc(F)cc2)nnc1-c1sc2ncccc2c1N. The Morgan fingerprint density at radius 1 is 1.29 bits per heavy atom. The van der Waals surface area contributed by atoms with Crippen LogP contribution in [0.1, 0.15) is 0 Å². The van der Waals surface area contributed by atoms with Crippen LogP contribution in [-0.2, 0) is 11.8 Å². The summed E-state index contributed by atoms with van der Waals surface area (Å²) in [6.45, 7) is 0. The summed E-state index contributed by atoms with van der Waals surface area (Å²) in [6, 6.07) is 9.37. The molecule has 3 N–H and O–H groups in total. The molecular formula is C18H15FN6OS2. The van der Waals surface area contributed by atoms with Gasteiger partial charge in [-0.2, -0.15) is 0 Å². The quantitative estimate of drug-likeness (QED) is 0.485. The molecule has 0 saturated carbocycles. The molecule has 0 aliphatic heterocycles. The molecule has 7 nitrogen and oxygen atoms in total. The van der Waals surface area contributed by atoms with Crippen LogP contribution in [-0.4, -0.2) is 31.4 Å². The number of thioether (sulfide) groups is 1. The van der Waals surface area contributed by atoms with E-state index in [4.69, 9.17) is 5.73 Å². The van der Waals surface area contributed by atoms with E-state index < -0.39 is 0 Å². The second kappa shape index (κ2) is 7.56. The fourth-order valence-corrected chi connectivity index (χ4v) is 4.41. The number of nitrogen functional groups attached to an aromatic ring is 1. The number of hydrogen-bond acceptors (Lipinski definition) is 7. The van der Waals surface area contributed by atoms with Crippen molar-refractivity contribution in [1.29, 1.82) is 0 Å². The van der Waals surface area contributed by atoms with Gasteiger partial charge < -0.3 is 15.6 Å². The van der Waals surface area contributed by atoms with Crippen LogP contribution < -0.4 is 11.1 Å². The van der Waals surface area contributed by atoms with Crippen LogP contribution in [0.25, 0.3) is 20.9 Å². The van der Waals surface area contributed by atoms with E-state index >= 15 is 0 Å². The highest BCUT2D eigenvalue weighted by Crippen LogP contribution is 2.39. The van der Waals surface area contributed by atoms with Gasteiger partial charge in [0.25, 0.3) is 0 Å². The van der Waals surface area contributed by atoms with Crippen molar-refractivity contribution in [2.75, 3.05) is 16.8 Å². The Labute approximate surface area is 167 Å². The molecular weight excluding hydrogens is 399 g/mol. The average molecular weight is 414 g/mol. The zero-order chi connectivity index (χ0) is 19.7. The lowest BCUT2D eigenvalue weighted by Crippen LogP contribution is -2.14. The fourth-order valence-electron chi connectivity index (χ4n) is 2.62. The Balaban J connectivity index is 1.48. The zero-order valence-corrected chi connectivity index (χ0v) is 16.4. The van der Waals surface area contributed by atoms with Gasteiger partial charge in [-0.15, -0.1) is 21.5 Å². The number of nitrogens with two attached hydrogens (primary N) is 1. The number of carbonyl (C=O) groups is 1. The molecule has 1 aromatic carbocycles. The van der Waals surface area contributed by atoms with E-state index in [1.807, 2.05) is 19.2 Å². The van der Waals surface area contributed by atoms with E-state index in [0.29, 0.717) is 22.4 Å². The Morgan fingerprint density at radius 2 is 2.07 bits per heavy atom. The highest BCUT2D eigenvalue weighted by Gasteiger charge is 2.19. The first-order valence-electron chi connectivity index (χ1n) is 8.24. The minimum Gasteiger partial charge on any atom is -0.397 e. The molecule has 0 unspecified atom stereocenters. The number of halogens is 1. The van der Waals surface area contributed by atoms with Crippen LogP contribution in [0.5, 0.6) is 0 Å². The third kappa shape index (κ3) is 3.56. The summed E-state index contributed by atoms with van der Waals surface area (Å²) in [5, 5.41) is 12.6. The fraction of sp³-hybridized carbons (Fsp3) is 0.111. The molecule has 3 aromatic heterocycles. The van der Waals surface area contributed by atoms with Crippen LogP contribution in [0, 0.1) is 5.82 Å². The zero-order valence-electron chi connectivity index (χ0n) is 14.7. The van der Waals surface area contributed by atoms with Crippen molar-refractivity contribution < 1.29 is 9.18 Å². The maximum atomic E-state index is 12.9. The molecule has 142 valence electrons. The van der Waals surface area contributed by atoms with Crippen molar-refractivity contribution in [3.8, 4) is 10.7 Å². The van der Waals surface area contributed by atoms with E-state index in [-0.39, 0.29) is 17.5 Å². The van der Waals surface area contributed by atoms with Gasteiger partial charge in [-0.25, -0.2) is 9.37 Å². The number of fused-ring (bicyclic) bond motifs is 1. The summed E-state index contributed by atoms with van der Waals surface area (Å²) < 4.78 is 14.7. The number of pyridine rings is 1. The molecule has 3 heterocycles. The summed E-state index contributed by atoms with van der Waals surface area (Å²) in [4.78, 5) is 18.1. The standard InChI is InChI=1S/C18H15FN6OS2/c1-25-16(15-14(20)12-3-2-8-21-17(12)28-15)23-24-18(25)27-9-13(26)22-11-6-4-10(19)5-7-11/h2-8H,9,20H2,1H3,(H,22,26). The Morgan fingerprint density at radius 3 is 2.82 bits per heavy atom. The first kappa shape index (κ1) is 18.4. The lowest BCUT2D eigenvalue weighted by molar-refractivity contribution is -0.113. The minimum absolute atomic E-state index is 0.146. The van der Waals surface area contributed by atoms with Crippen LogP contribution in [0.3, 0.4) is 0 Å². The van der Waals surface area contributed by atoms with E-state index in [1.165, 1.54) is 47.4 Å². The molecule has 1 amide bonds. The molecule has 0 aliphatic rings. The van der Waals surface area contributed by atoms with E-state index in [0.717, 1.165) is 15.1 Å². The molecule has 28 heavy (non-hydrogen) atoms. The van der Waals surface area contributed by atoms with Gasteiger partial charge in [0.2, 0.25) is 5.91 Å². The number of hydrogen-bond donors (Lipinski definition) is 2. The second-order valence-corrected chi connectivity index (χ2v) is 7.85. The van der Waals surface area contributed by atoms with E-state index in [1.54, 1.807) is 10.8 Å². The van der Waals surface area contributed by atoms with Crippen LogP contribution in [0.15, 0.2) is 47.8 Å². The molecule has 4 rings (SSSR count). The van der Waals surface area contributed by atoms with E-state index in [2.05, 4.69) is 20.5 Å². The molecule has 0 aliphatic carbocycles. The number of thiophene rings is 1. The van der Waals surface area contributed by atoms with Gasteiger partial charge in [0, 0.05) is 24.3 Å². The van der Waals surface area contributed by atoms with Gasteiger partial charge in [0.05, 0.1) is 16.3 Å². The Hall–Kier alpha value is -2.98. The number of nitrogens with one attached hydrogen (secondary N) is 1. The average Bonchev–Trinajstić information content (AvgIpc) is 3.22. The molecule has 0 bridgehead atoms. The maximum absolute atomic E-state index is 12.9. The number of aromatic nitrogens is 4. The van der Waals surface area contributed by atoms with Gasteiger partial charge in [-0.05, 0) is 36.4 Å². The summed E-state index contributed by atoms with van der Waals surface area (Å²) in [6.07, 6.45) is 1.72. The van der Waals surface area contributed by atoms with Crippen LogP contribution in [0.4, 0.5) is 15.8 Å². The topological polar surface area (TPSA) is 98.7 Å². The molecule has 10 heteroatoms. The van der Waals surface area contributed by atoms with E-state index in [9.17, 15) is 9.18 Å². The van der Waals surface area contributed by atoms with Gasteiger partial charge >= 0.3 is 0 Å². The van der Waals surface area contributed by atoms with Crippen molar-refractivity contribution in [1.82, 2.24) is 19.7 Å². The monoisotopic (exact) mass is 414 g/mol. The normalized spacial score (nSPS) is 11.1. The summed E-state index contributed by atoms with van der Waals surface area (Å²) in [5.74, 6) is 0.204. The number of carbonyl (C=O) groups excluding carboxylic acids is 1. The van der Waals surface area contributed by atoms with Gasteiger partial charge in [0.1, 0.15) is 10.6 Å². The van der Waals surface area contributed by atoms with Crippen molar-refractivity contribution in [3.63, 3.8) is 0 Å². The lowest BCUT2D eigenvalue weighted by Gasteiger charge is -2.05. The molecule has 0 radical (unpaired) electrons. The number of nitrogens with zero attached hydrogens (tertiary/aromatic N) is 4. The summed E-state index contributed by atoms with van der Waals surface area (Å²) in [5.41, 5.74) is 7.42. The predicted octanol–water partition coefficient (Wildman–Crippen LogP) is 3.54. The smallest absolute Gasteiger partial charge is 0.234 e. The minimum atomic E-state index is -0.352.